The van der Waals surface area contributed by atoms with Gasteiger partial charge in [-0.05, 0) is 24.1 Å². The Kier molecular flexibility index (Phi) is 2.26. The van der Waals surface area contributed by atoms with Crippen LogP contribution < -0.4 is 16.4 Å². The van der Waals surface area contributed by atoms with Crippen molar-refractivity contribution in [1.29, 1.82) is 0 Å². The molecule has 4 nitrogen and oxygen atoms in total. The molecule has 0 saturated heterocycles. The Hall–Kier alpha value is -1.71. The van der Waals surface area contributed by atoms with Crippen LogP contribution in [0.5, 0.6) is 0 Å². The van der Waals surface area contributed by atoms with E-state index in [-0.39, 0.29) is 17.9 Å². The molecule has 0 bridgehead atoms. The number of anilines is 3. The minimum absolute atomic E-state index is 0.00287. The fraction of sp³-hybridized carbons (Fsp3) is 0.364. The van der Waals surface area contributed by atoms with Gasteiger partial charge in [-0.2, -0.15) is 0 Å². The van der Waals surface area contributed by atoms with Gasteiger partial charge in [0.2, 0.25) is 5.91 Å². The third-order valence-corrected chi connectivity index (χ3v) is 2.56. The second-order valence-corrected chi connectivity index (χ2v) is 4.16. The molecule has 4 N–H and O–H groups in total. The Morgan fingerprint density at radius 2 is 2.07 bits per heavy atom. The molecule has 1 heterocycles. The van der Waals surface area contributed by atoms with Crippen molar-refractivity contribution in [2.75, 3.05) is 16.4 Å². The van der Waals surface area contributed by atoms with Crippen molar-refractivity contribution < 1.29 is 4.79 Å². The molecule has 0 saturated carbocycles. The summed E-state index contributed by atoms with van der Waals surface area (Å²) in [6.45, 7) is 4.03. The number of fused-ring (bicyclic) bond motifs is 1. The van der Waals surface area contributed by atoms with E-state index >= 15 is 0 Å². The molecular formula is C11H15N3O. The average molecular weight is 205 g/mol. The monoisotopic (exact) mass is 205 g/mol. The fourth-order valence-corrected chi connectivity index (χ4v) is 1.70. The molecule has 1 atom stereocenters. The van der Waals surface area contributed by atoms with Gasteiger partial charge in [-0.3, -0.25) is 4.79 Å². The maximum Gasteiger partial charge on any atom is 0.247 e. The van der Waals surface area contributed by atoms with Gasteiger partial charge >= 0.3 is 0 Å². The third-order valence-electron chi connectivity index (χ3n) is 2.56. The SMILES string of the molecule is CC(C)C1Nc2ccc(N)cc2NC1=O. The van der Waals surface area contributed by atoms with Crippen LogP contribution in [-0.2, 0) is 4.79 Å². The first-order chi connectivity index (χ1) is 7.08. The number of amides is 1. The summed E-state index contributed by atoms with van der Waals surface area (Å²) in [7, 11) is 0. The molecule has 15 heavy (non-hydrogen) atoms. The van der Waals surface area contributed by atoms with Crippen molar-refractivity contribution in [2.45, 2.75) is 19.9 Å². The molecule has 0 fully saturated rings. The fourth-order valence-electron chi connectivity index (χ4n) is 1.70. The lowest BCUT2D eigenvalue weighted by molar-refractivity contribution is -0.117. The average Bonchev–Trinajstić information content (AvgIpc) is 2.15. The molecule has 1 amide bonds. The second kappa shape index (κ2) is 3.46. The zero-order chi connectivity index (χ0) is 11.0. The van der Waals surface area contributed by atoms with E-state index in [1.807, 2.05) is 26.0 Å². The highest BCUT2D eigenvalue weighted by molar-refractivity contribution is 6.03. The molecule has 1 unspecified atom stereocenters. The Morgan fingerprint density at radius 1 is 1.33 bits per heavy atom. The lowest BCUT2D eigenvalue weighted by Crippen LogP contribution is -2.42. The number of nitrogen functional groups attached to an aromatic ring is 1. The number of nitrogens with one attached hydrogen (secondary N) is 2. The highest BCUT2D eigenvalue weighted by atomic mass is 16.2. The van der Waals surface area contributed by atoms with Gasteiger partial charge in [0, 0.05) is 5.69 Å². The largest absolute Gasteiger partial charge is 0.399 e. The highest BCUT2D eigenvalue weighted by Crippen LogP contribution is 2.30. The lowest BCUT2D eigenvalue weighted by atomic mass is 10.0. The van der Waals surface area contributed by atoms with Crippen LogP contribution in [0.25, 0.3) is 0 Å². The minimum Gasteiger partial charge on any atom is -0.399 e. The van der Waals surface area contributed by atoms with Crippen LogP contribution in [0.3, 0.4) is 0 Å². The van der Waals surface area contributed by atoms with Crippen molar-refractivity contribution in [3.63, 3.8) is 0 Å². The van der Waals surface area contributed by atoms with Gasteiger partial charge in [0.1, 0.15) is 6.04 Å². The van der Waals surface area contributed by atoms with Gasteiger partial charge in [0.15, 0.2) is 0 Å². The summed E-state index contributed by atoms with van der Waals surface area (Å²) in [5, 5.41) is 6.06. The van der Waals surface area contributed by atoms with Gasteiger partial charge in [-0.1, -0.05) is 13.8 Å². The first kappa shape index (κ1) is 9.83. The number of benzene rings is 1. The van der Waals surface area contributed by atoms with Gasteiger partial charge in [0.25, 0.3) is 0 Å². The van der Waals surface area contributed by atoms with Gasteiger partial charge in [0.05, 0.1) is 11.4 Å². The molecule has 1 aromatic rings. The maximum absolute atomic E-state index is 11.7. The number of carbonyl (C=O) groups is 1. The number of carbonyl (C=O) groups excluding carboxylic acids is 1. The van der Waals surface area contributed by atoms with Crippen LogP contribution in [-0.4, -0.2) is 11.9 Å². The quantitative estimate of drug-likeness (QED) is 0.611. The Balaban J connectivity index is 2.34. The number of hydrogen-bond acceptors (Lipinski definition) is 3. The molecule has 4 heteroatoms. The van der Waals surface area contributed by atoms with Gasteiger partial charge < -0.3 is 16.4 Å². The van der Waals surface area contributed by atoms with E-state index in [1.54, 1.807) is 6.07 Å². The molecule has 1 aromatic carbocycles. The molecule has 0 aliphatic carbocycles. The van der Waals surface area contributed by atoms with E-state index in [4.69, 9.17) is 5.73 Å². The Labute approximate surface area is 88.9 Å². The summed E-state index contributed by atoms with van der Waals surface area (Å²) < 4.78 is 0. The number of rotatable bonds is 1. The molecule has 1 aliphatic rings. The van der Waals surface area contributed by atoms with E-state index in [1.165, 1.54) is 0 Å². The summed E-state index contributed by atoms with van der Waals surface area (Å²) in [6.07, 6.45) is 0. The summed E-state index contributed by atoms with van der Waals surface area (Å²) >= 11 is 0. The van der Waals surface area contributed by atoms with E-state index in [9.17, 15) is 4.79 Å². The number of nitrogens with two attached hydrogens (primary N) is 1. The molecule has 1 aliphatic heterocycles. The van der Waals surface area contributed by atoms with Crippen molar-refractivity contribution in [3.8, 4) is 0 Å². The van der Waals surface area contributed by atoms with Gasteiger partial charge in [-0.25, -0.2) is 0 Å². The van der Waals surface area contributed by atoms with E-state index in [0.717, 1.165) is 11.4 Å². The second-order valence-electron chi connectivity index (χ2n) is 4.16. The summed E-state index contributed by atoms with van der Waals surface area (Å²) in [5.41, 5.74) is 7.99. The summed E-state index contributed by atoms with van der Waals surface area (Å²) in [5.74, 6) is 0.263. The smallest absolute Gasteiger partial charge is 0.247 e. The predicted molar refractivity (Wildman–Crippen MR) is 61.7 cm³/mol. The van der Waals surface area contributed by atoms with Crippen molar-refractivity contribution in [2.24, 2.45) is 5.92 Å². The van der Waals surface area contributed by atoms with Crippen LogP contribution in [0.1, 0.15) is 13.8 Å². The van der Waals surface area contributed by atoms with Crippen molar-refractivity contribution in [1.82, 2.24) is 0 Å². The molecule has 0 aromatic heterocycles. The first-order valence-corrected chi connectivity index (χ1v) is 5.05. The van der Waals surface area contributed by atoms with Crippen LogP contribution in [0.2, 0.25) is 0 Å². The lowest BCUT2D eigenvalue weighted by Gasteiger charge is -2.29. The van der Waals surface area contributed by atoms with E-state index in [2.05, 4.69) is 10.6 Å². The van der Waals surface area contributed by atoms with Crippen molar-refractivity contribution in [3.05, 3.63) is 18.2 Å². The summed E-state index contributed by atoms with van der Waals surface area (Å²) in [4.78, 5) is 11.7. The normalized spacial score (nSPS) is 19.4. The van der Waals surface area contributed by atoms with Gasteiger partial charge in [-0.15, -0.1) is 0 Å². The third kappa shape index (κ3) is 1.75. The predicted octanol–water partition coefficient (Wildman–Crippen LogP) is 1.66. The first-order valence-electron chi connectivity index (χ1n) is 5.05. The summed E-state index contributed by atoms with van der Waals surface area (Å²) in [6, 6.07) is 5.30. The van der Waals surface area contributed by atoms with Crippen LogP contribution in [0, 0.1) is 5.92 Å². The number of hydrogen-bond donors (Lipinski definition) is 3. The van der Waals surface area contributed by atoms with Crippen LogP contribution in [0.4, 0.5) is 17.1 Å². The topological polar surface area (TPSA) is 67.2 Å². The molecule has 80 valence electrons. The Morgan fingerprint density at radius 3 is 2.73 bits per heavy atom. The maximum atomic E-state index is 11.7. The molecule has 0 spiro atoms. The highest BCUT2D eigenvalue weighted by Gasteiger charge is 2.27. The molecule has 2 rings (SSSR count). The minimum atomic E-state index is -0.166. The van der Waals surface area contributed by atoms with Crippen molar-refractivity contribution >= 4 is 23.0 Å². The molecule has 0 radical (unpaired) electrons. The van der Waals surface area contributed by atoms with Crippen LogP contribution >= 0.6 is 0 Å². The zero-order valence-corrected chi connectivity index (χ0v) is 8.87. The molecular weight excluding hydrogens is 190 g/mol. The zero-order valence-electron chi connectivity index (χ0n) is 8.87. The standard InChI is InChI=1S/C11H15N3O/c1-6(2)10-11(15)14-9-5-7(12)3-4-8(9)13-10/h3-6,10,13H,12H2,1-2H3,(H,14,15). The Bertz CT molecular complexity index is 401. The van der Waals surface area contributed by atoms with Crippen LogP contribution in [0.15, 0.2) is 18.2 Å². The van der Waals surface area contributed by atoms with E-state index in [0.29, 0.717) is 5.69 Å². The van der Waals surface area contributed by atoms with E-state index < -0.39 is 0 Å².